The first-order valence-electron chi connectivity index (χ1n) is 6.78. The lowest BCUT2D eigenvalue weighted by atomic mass is 10.1. The molecule has 3 nitrogen and oxygen atoms in total. The van der Waals surface area contributed by atoms with Gasteiger partial charge in [0.05, 0.1) is 10.7 Å². The maximum atomic E-state index is 13.5. The summed E-state index contributed by atoms with van der Waals surface area (Å²) in [6, 6.07) is 14.5. The van der Waals surface area contributed by atoms with E-state index < -0.39 is 5.82 Å². The lowest BCUT2D eigenvalue weighted by Crippen LogP contribution is -2.02. The van der Waals surface area contributed by atoms with Crippen LogP contribution in [0.5, 0.6) is 0 Å². The Bertz CT molecular complexity index is 778. The van der Waals surface area contributed by atoms with Crippen LogP contribution in [0.4, 0.5) is 15.9 Å². The van der Waals surface area contributed by atoms with E-state index in [-0.39, 0.29) is 5.02 Å². The number of hydrogen-bond donors (Lipinski definition) is 1. The standard InChI is InChI=1S/C17H13ClFN3/c18-14-7-6-13(11-15(14)19)22-17-16(20-8-9-21-17)10-12-4-2-1-3-5-12/h1-9,11H,10H2,(H,21,22). The van der Waals surface area contributed by atoms with Crippen LogP contribution in [-0.4, -0.2) is 9.97 Å². The first-order valence-corrected chi connectivity index (χ1v) is 7.16. The van der Waals surface area contributed by atoms with Crippen LogP contribution < -0.4 is 5.32 Å². The van der Waals surface area contributed by atoms with Gasteiger partial charge in [-0.1, -0.05) is 41.9 Å². The van der Waals surface area contributed by atoms with Crippen LogP contribution in [0.15, 0.2) is 60.9 Å². The van der Waals surface area contributed by atoms with Crippen molar-refractivity contribution < 1.29 is 4.39 Å². The van der Waals surface area contributed by atoms with Crippen molar-refractivity contribution in [3.05, 3.63) is 83.0 Å². The molecule has 0 aliphatic heterocycles. The molecule has 3 rings (SSSR count). The average molecular weight is 314 g/mol. The van der Waals surface area contributed by atoms with Crippen molar-refractivity contribution in [3.8, 4) is 0 Å². The normalized spacial score (nSPS) is 10.5. The largest absolute Gasteiger partial charge is 0.339 e. The molecule has 0 unspecified atom stereocenters. The minimum Gasteiger partial charge on any atom is -0.339 e. The van der Waals surface area contributed by atoms with Crippen LogP contribution in [0.3, 0.4) is 0 Å². The molecule has 3 aromatic rings. The van der Waals surface area contributed by atoms with Gasteiger partial charge in [-0.3, -0.25) is 4.98 Å². The number of nitrogens with one attached hydrogen (secondary N) is 1. The fourth-order valence-electron chi connectivity index (χ4n) is 2.10. The van der Waals surface area contributed by atoms with Crippen LogP contribution in [0.2, 0.25) is 5.02 Å². The second kappa shape index (κ2) is 6.54. The third kappa shape index (κ3) is 3.40. The SMILES string of the molecule is Fc1cc(Nc2nccnc2Cc2ccccc2)ccc1Cl. The monoisotopic (exact) mass is 313 g/mol. The summed E-state index contributed by atoms with van der Waals surface area (Å²) in [6.45, 7) is 0. The number of nitrogens with zero attached hydrogens (tertiary/aromatic N) is 2. The molecular weight excluding hydrogens is 301 g/mol. The van der Waals surface area contributed by atoms with Gasteiger partial charge in [0, 0.05) is 24.5 Å². The van der Waals surface area contributed by atoms with E-state index >= 15 is 0 Å². The average Bonchev–Trinajstić information content (AvgIpc) is 2.54. The van der Waals surface area contributed by atoms with Gasteiger partial charge < -0.3 is 5.32 Å². The Morgan fingerprint density at radius 2 is 1.77 bits per heavy atom. The van der Waals surface area contributed by atoms with Gasteiger partial charge in [-0.15, -0.1) is 0 Å². The molecule has 110 valence electrons. The van der Waals surface area contributed by atoms with E-state index in [2.05, 4.69) is 15.3 Å². The third-order valence-electron chi connectivity index (χ3n) is 3.17. The molecule has 0 spiro atoms. The summed E-state index contributed by atoms with van der Waals surface area (Å²) in [6.07, 6.45) is 3.89. The second-order valence-electron chi connectivity index (χ2n) is 4.77. The Balaban J connectivity index is 1.86. The lowest BCUT2D eigenvalue weighted by molar-refractivity contribution is 0.629. The van der Waals surface area contributed by atoms with Gasteiger partial charge in [0.1, 0.15) is 5.82 Å². The number of hydrogen-bond acceptors (Lipinski definition) is 3. The van der Waals surface area contributed by atoms with Crippen molar-refractivity contribution in [1.82, 2.24) is 9.97 Å². The molecule has 1 N–H and O–H groups in total. The fraction of sp³-hybridized carbons (Fsp3) is 0.0588. The highest BCUT2D eigenvalue weighted by Crippen LogP contribution is 2.23. The molecule has 0 bridgehead atoms. The molecule has 22 heavy (non-hydrogen) atoms. The van der Waals surface area contributed by atoms with Crippen LogP contribution in [0.1, 0.15) is 11.3 Å². The van der Waals surface area contributed by atoms with Gasteiger partial charge in [0.15, 0.2) is 5.82 Å². The summed E-state index contributed by atoms with van der Waals surface area (Å²) in [4.78, 5) is 8.66. The maximum absolute atomic E-state index is 13.5. The minimum absolute atomic E-state index is 0.0919. The van der Waals surface area contributed by atoms with E-state index in [0.29, 0.717) is 17.9 Å². The van der Waals surface area contributed by atoms with E-state index in [4.69, 9.17) is 11.6 Å². The molecule has 1 heterocycles. The molecule has 2 aromatic carbocycles. The highest BCUT2D eigenvalue weighted by molar-refractivity contribution is 6.30. The first kappa shape index (κ1) is 14.5. The van der Waals surface area contributed by atoms with E-state index in [9.17, 15) is 4.39 Å². The van der Waals surface area contributed by atoms with E-state index in [0.717, 1.165) is 11.3 Å². The maximum Gasteiger partial charge on any atom is 0.152 e. The third-order valence-corrected chi connectivity index (χ3v) is 3.48. The van der Waals surface area contributed by atoms with Crippen LogP contribution in [-0.2, 0) is 6.42 Å². The zero-order chi connectivity index (χ0) is 15.4. The summed E-state index contributed by atoms with van der Waals surface area (Å²) in [5.74, 6) is 0.133. The van der Waals surface area contributed by atoms with Gasteiger partial charge in [-0.05, 0) is 23.8 Å². The van der Waals surface area contributed by atoms with Crippen LogP contribution >= 0.6 is 11.6 Å². The molecule has 0 aliphatic rings. The van der Waals surface area contributed by atoms with Gasteiger partial charge >= 0.3 is 0 Å². The summed E-state index contributed by atoms with van der Waals surface area (Å²) in [7, 11) is 0. The number of benzene rings is 2. The minimum atomic E-state index is -0.472. The molecule has 0 atom stereocenters. The quantitative estimate of drug-likeness (QED) is 0.764. The van der Waals surface area contributed by atoms with Gasteiger partial charge in [0.25, 0.3) is 0 Å². The van der Waals surface area contributed by atoms with Crippen molar-refractivity contribution in [3.63, 3.8) is 0 Å². The summed E-state index contributed by atoms with van der Waals surface area (Å²) < 4.78 is 13.5. The molecule has 0 amide bonds. The van der Waals surface area contributed by atoms with Gasteiger partial charge in [-0.25, -0.2) is 9.37 Å². The van der Waals surface area contributed by atoms with E-state index in [1.165, 1.54) is 12.1 Å². The molecule has 0 radical (unpaired) electrons. The Labute approximate surface area is 132 Å². The molecular formula is C17H13ClFN3. The van der Waals surface area contributed by atoms with Crippen molar-refractivity contribution in [2.75, 3.05) is 5.32 Å². The first-order chi connectivity index (χ1) is 10.7. The molecule has 1 aromatic heterocycles. The summed E-state index contributed by atoms with van der Waals surface area (Å²) >= 11 is 5.69. The van der Waals surface area contributed by atoms with Crippen molar-refractivity contribution in [1.29, 1.82) is 0 Å². The predicted molar refractivity (Wildman–Crippen MR) is 86.0 cm³/mol. The number of rotatable bonds is 4. The van der Waals surface area contributed by atoms with E-state index in [1.54, 1.807) is 18.5 Å². The second-order valence-corrected chi connectivity index (χ2v) is 5.18. The lowest BCUT2D eigenvalue weighted by Gasteiger charge is -2.10. The Kier molecular flexibility index (Phi) is 4.30. The Morgan fingerprint density at radius 1 is 1.00 bits per heavy atom. The molecule has 0 saturated carbocycles. The van der Waals surface area contributed by atoms with Crippen molar-refractivity contribution in [2.45, 2.75) is 6.42 Å². The Morgan fingerprint density at radius 3 is 2.55 bits per heavy atom. The highest BCUT2D eigenvalue weighted by atomic mass is 35.5. The molecule has 0 fully saturated rings. The topological polar surface area (TPSA) is 37.8 Å². The predicted octanol–water partition coefficient (Wildman–Crippen LogP) is 4.60. The smallest absolute Gasteiger partial charge is 0.152 e. The van der Waals surface area contributed by atoms with Crippen molar-refractivity contribution >= 4 is 23.1 Å². The highest BCUT2D eigenvalue weighted by Gasteiger charge is 2.08. The number of halogens is 2. The van der Waals surface area contributed by atoms with Crippen molar-refractivity contribution in [2.24, 2.45) is 0 Å². The summed E-state index contributed by atoms with van der Waals surface area (Å²) in [5.41, 5.74) is 2.51. The number of aromatic nitrogens is 2. The van der Waals surface area contributed by atoms with Gasteiger partial charge in [-0.2, -0.15) is 0 Å². The summed E-state index contributed by atoms with van der Waals surface area (Å²) in [5, 5.41) is 3.18. The Hall–Kier alpha value is -2.46. The molecule has 0 saturated heterocycles. The molecule has 5 heteroatoms. The van der Waals surface area contributed by atoms with Crippen LogP contribution in [0.25, 0.3) is 0 Å². The zero-order valence-electron chi connectivity index (χ0n) is 11.6. The van der Waals surface area contributed by atoms with Crippen LogP contribution in [0, 0.1) is 5.82 Å². The fourth-order valence-corrected chi connectivity index (χ4v) is 2.22. The van der Waals surface area contributed by atoms with Gasteiger partial charge in [0.2, 0.25) is 0 Å². The molecule has 0 aliphatic carbocycles. The zero-order valence-corrected chi connectivity index (χ0v) is 12.4. The van der Waals surface area contributed by atoms with E-state index in [1.807, 2.05) is 30.3 Å². The number of anilines is 2.